The van der Waals surface area contributed by atoms with Crippen molar-refractivity contribution < 1.29 is 9.13 Å². The fourth-order valence-electron chi connectivity index (χ4n) is 1.89. The van der Waals surface area contributed by atoms with Gasteiger partial charge in [-0.3, -0.25) is 0 Å². The molecule has 0 saturated carbocycles. The Bertz CT molecular complexity index is 609. The van der Waals surface area contributed by atoms with Crippen LogP contribution in [-0.2, 0) is 5.54 Å². The molecule has 2 aromatic rings. The number of halogens is 1. The standard InChI is InChI=1S/C16H15FN2O/c17-14-7-4-8-15(11-14)20-10-9-16(19,12-18)13-5-2-1-3-6-13/h1-8,11H,9-10,19H2. The number of rotatable bonds is 5. The van der Waals surface area contributed by atoms with Crippen LogP contribution in [0.15, 0.2) is 54.6 Å². The predicted octanol–water partition coefficient (Wildman–Crippen LogP) is 2.97. The number of nitrogens with two attached hydrogens (primary N) is 1. The minimum Gasteiger partial charge on any atom is -0.493 e. The maximum Gasteiger partial charge on any atom is 0.133 e. The molecule has 0 fully saturated rings. The van der Waals surface area contributed by atoms with Gasteiger partial charge in [0.05, 0.1) is 12.7 Å². The van der Waals surface area contributed by atoms with Crippen LogP contribution in [0.5, 0.6) is 5.75 Å². The second kappa shape index (κ2) is 6.18. The van der Waals surface area contributed by atoms with Gasteiger partial charge in [-0.05, 0) is 17.7 Å². The van der Waals surface area contributed by atoms with Crippen LogP contribution in [0.2, 0.25) is 0 Å². The van der Waals surface area contributed by atoms with Gasteiger partial charge < -0.3 is 10.5 Å². The summed E-state index contributed by atoms with van der Waals surface area (Å²) in [5.41, 5.74) is 5.74. The smallest absolute Gasteiger partial charge is 0.133 e. The van der Waals surface area contributed by atoms with E-state index in [1.165, 1.54) is 12.1 Å². The maximum absolute atomic E-state index is 13.0. The van der Waals surface area contributed by atoms with Gasteiger partial charge in [0.15, 0.2) is 0 Å². The molecule has 0 saturated heterocycles. The molecule has 0 aliphatic heterocycles. The second-order valence-electron chi connectivity index (χ2n) is 4.51. The largest absolute Gasteiger partial charge is 0.493 e. The third kappa shape index (κ3) is 3.34. The summed E-state index contributed by atoms with van der Waals surface area (Å²) in [6, 6.07) is 17.2. The minimum atomic E-state index is -1.10. The van der Waals surface area contributed by atoms with Gasteiger partial charge in [0.25, 0.3) is 0 Å². The average Bonchev–Trinajstić information content (AvgIpc) is 2.48. The van der Waals surface area contributed by atoms with Crippen LogP contribution in [0.4, 0.5) is 4.39 Å². The van der Waals surface area contributed by atoms with Crippen LogP contribution in [-0.4, -0.2) is 6.61 Å². The first-order chi connectivity index (χ1) is 9.64. The first-order valence-electron chi connectivity index (χ1n) is 6.28. The van der Waals surface area contributed by atoms with Crippen LogP contribution in [0.25, 0.3) is 0 Å². The van der Waals surface area contributed by atoms with Crippen molar-refractivity contribution in [2.45, 2.75) is 12.0 Å². The van der Waals surface area contributed by atoms with Crippen molar-refractivity contribution in [3.63, 3.8) is 0 Å². The van der Waals surface area contributed by atoms with Crippen LogP contribution in [0.3, 0.4) is 0 Å². The minimum absolute atomic E-state index is 0.238. The van der Waals surface area contributed by atoms with Gasteiger partial charge in [0.1, 0.15) is 17.1 Å². The van der Waals surface area contributed by atoms with E-state index in [4.69, 9.17) is 10.5 Å². The number of nitrogens with zero attached hydrogens (tertiary/aromatic N) is 1. The van der Waals surface area contributed by atoms with Crippen LogP contribution >= 0.6 is 0 Å². The van der Waals surface area contributed by atoms with Crippen molar-refractivity contribution in [1.29, 1.82) is 5.26 Å². The van der Waals surface area contributed by atoms with Crippen LogP contribution in [0.1, 0.15) is 12.0 Å². The molecule has 102 valence electrons. The lowest BCUT2D eigenvalue weighted by molar-refractivity contribution is 0.280. The van der Waals surface area contributed by atoms with E-state index in [9.17, 15) is 9.65 Å². The molecule has 2 N–H and O–H groups in total. The summed E-state index contributed by atoms with van der Waals surface area (Å²) in [6.07, 6.45) is 0.323. The van der Waals surface area contributed by atoms with E-state index in [1.807, 2.05) is 30.3 Å². The molecule has 0 bridgehead atoms. The van der Waals surface area contributed by atoms with Crippen LogP contribution < -0.4 is 10.5 Å². The van der Waals surface area contributed by atoms with Crippen LogP contribution in [0, 0.1) is 17.1 Å². The number of ether oxygens (including phenoxy) is 1. The molecule has 0 aliphatic rings. The SMILES string of the molecule is N#CC(N)(CCOc1cccc(F)c1)c1ccccc1. The molecule has 0 radical (unpaired) electrons. The summed E-state index contributed by atoms with van der Waals surface area (Å²) in [6.45, 7) is 0.238. The first kappa shape index (κ1) is 14.0. The number of benzene rings is 2. The highest BCUT2D eigenvalue weighted by molar-refractivity contribution is 5.30. The predicted molar refractivity (Wildman–Crippen MR) is 74.4 cm³/mol. The van der Waals surface area contributed by atoms with E-state index in [2.05, 4.69) is 6.07 Å². The molecule has 3 nitrogen and oxygen atoms in total. The maximum atomic E-state index is 13.0. The van der Waals surface area contributed by atoms with E-state index < -0.39 is 5.54 Å². The first-order valence-corrected chi connectivity index (χ1v) is 6.28. The third-order valence-corrected chi connectivity index (χ3v) is 3.05. The quantitative estimate of drug-likeness (QED) is 0.908. The highest BCUT2D eigenvalue weighted by atomic mass is 19.1. The zero-order chi connectivity index (χ0) is 14.4. The van der Waals surface area contributed by atoms with E-state index >= 15 is 0 Å². The van der Waals surface area contributed by atoms with Gasteiger partial charge in [-0.1, -0.05) is 36.4 Å². The van der Waals surface area contributed by atoms with Crippen molar-refractivity contribution in [3.8, 4) is 11.8 Å². The zero-order valence-electron chi connectivity index (χ0n) is 10.9. The zero-order valence-corrected chi connectivity index (χ0v) is 10.9. The molecule has 1 unspecified atom stereocenters. The lowest BCUT2D eigenvalue weighted by atomic mass is 9.89. The molecule has 0 aromatic heterocycles. The topological polar surface area (TPSA) is 59.0 Å². The Morgan fingerprint density at radius 1 is 1.15 bits per heavy atom. The average molecular weight is 270 g/mol. The second-order valence-corrected chi connectivity index (χ2v) is 4.51. The van der Waals surface area contributed by atoms with Gasteiger partial charge in [0.2, 0.25) is 0 Å². The molecule has 0 aliphatic carbocycles. The Hall–Kier alpha value is -2.38. The molecule has 2 rings (SSSR count). The molecule has 20 heavy (non-hydrogen) atoms. The van der Waals surface area contributed by atoms with E-state index in [0.717, 1.165) is 5.56 Å². The molecule has 0 amide bonds. The summed E-state index contributed by atoms with van der Waals surface area (Å²) >= 11 is 0. The molecule has 1 atom stereocenters. The molecule has 0 heterocycles. The Balaban J connectivity index is 2.00. The van der Waals surface area contributed by atoms with E-state index in [0.29, 0.717) is 12.2 Å². The fraction of sp³-hybridized carbons (Fsp3) is 0.188. The Labute approximate surface area is 117 Å². The summed E-state index contributed by atoms with van der Waals surface area (Å²) in [7, 11) is 0. The number of hydrogen-bond donors (Lipinski definition) is 1. The van der Waals surface area contributed by atoms with Gasteiger partial charge in [-0.15, -0.1) is 0 Å². The van der Waals surface area contributed by atoms with E-state index in [1.54, 1.807) is 12.1 Å². The monoisotopic (exact) mass is 270 g/mol. The molecular formula is C16H15FN2O. The highest BCUT2D eigenvalue weighted by Crippen LogP contribution is 2.22. The third-order valence-electron chi connectivity index (χ3n) is 3.05. The highest BCUT2D eigenvalue weighted by Gasteiger charge is 2.26. The molecular weight excluding hydrogens is 255 g/mol. The molecule has 4 heteroatoms. The van der Waals surface area contributed by atoms with Crippen molar-refractivity contribution in [3.05, 3.63) is 66.0 Å². The van der Waals surface area contributed by atoms with Crippen molar-refractivity contribution >= 4 is 0 Å². The van der Waals surface area contributed by atoms with E-state index in [-0.39, 0.29) is 12.4 Å². The van der Waals surface area contributed by atoms with Gasteiger partial charge in [-0.2, -0.15) is 5.26 Å². The van der Waals surface area contributed by atoms with Crippen molar-refractivity contribution in [1.82, 2.24) is 0 Å². The molecule has 2 aromatic carbocycles. The van der Waals surface area contributed by atoms with Gasteiger partial charge in [-0.25, -0.2) is 4.39 Å². The Morgan fingerprint density at radius 3 is 2.55 bits per heavy atom. The Morgan fingerprint density at radius 2 is 1.90 bits per heavy atom. The van der Waals surface area contributed by atoms with Crippen molar-refractivity contribution in [2.24, 2.45) is 5.73 Å². The molecule has 0 spiro atoms. The lowest BCUT2D eigenvalue weighted by Crippen LogP contribution is -2.36. The summed E-state index contributed by atoms with van der Waals surface area (Å²) in [4.78, 5) is 0. The summed E-state index contributed by atoms with van der Waals surface area (Å²) in [5.74, 6) is 0.0724. The normalized spacial score (nSPS) is 13.2. The summed E-state index contributed by atoms with van der Waals surface area (Å²) in [5, 5.41) is 9.29. The Kier molecular flexibility index (Phi) is 4.34. The number of hydrogen-bond acceptors (Lipinski definition) is 3. The van der Waals surface area contributed by atoms with Gasteiger partial charge in [0, 0.05) is 12.5 Å². The van der Waals surface area contributed by atoms with Gasteiger partial charge >= 0.3 is 0 Å². The number of nitriles is 1. The fourth-order valence-corrected chi connectivity index (χ4v) is 1.89. The van der Waals surface area contributed by atoms with Crippen molar-refractivity contribution in [2.75, 3.05) is 6.61 Å². The summed E-state index contributed by atoms with van der Waals surface area (Å²) < 4.78 is 18.4. The lowest BCUT2D eigenvalue weighted by Gasteiger charge is -2.22.